The van der Waals surface area contributed by atoms with E-state index in [2.05, 4.69) is 5.32 Å². The highest BCUT2D eigenvalue weighted by Crippen LogP contribution is 2.30. The second kappa shape index (κ2) is 5.29. The van der Waals surface area contributed by atoms with Crippen LogP contribution in [0.1, 0.15) is 38.5 Å². The van der Waals surface area contributed by atoms with E-state index in [1.807, 2.05) is 0 Å². The molecule has 4 nitrogen and oxygen atoms in total. The van der Waals surface area contributed by atoms with E-state index in [1.165, 1.54) is 6.42 Å². The van der Waals surface area contributed by atoms with Crippen molar-refractivity contribution in [3.8, 4) is 0 Å². The van der Waals surface area contributed by atoms with Gasteiger partial charge in [0.25, 0.3) is 0 Å². The second-order valence-electron chi connectivity index (χ2n) is 5.01. The first kappa shape index (κ1) is 12.7. The summed E-state index contributed by atoms with van der Waals surface area (Å²) in [6.45, 7) is 0. The van der Waals surface area contributed by atoms with Crippen LogP contribution >= 0.6 is 11.8 Å². The number of amides is 1. The Labute approximate surface area is 106 Å². The zero-order valence-electron chi connectivity index (χ0n) is 9.91. The quantitative estimate of drug-likeness (QED) is 0.806. The minimum atomic E-state index is -1.00. The van der Waals surface area contributed by atoms with Gasteiger partial charge in [0.1, 0.15) is 5.54 Å². The molecule has 2 fully saturated rings. The lowest BCUT2D eigenvalue weighted by Crippen LogP contribution is -2.56. The van der Waals surface area contributed by atoms with E-state index < -0.39 is 11.5 Å². The molecule has 1 heterocycles. The number of thioether (sulfide) groups is 1. The minimum absolute atomic E-state index is 0.0329. The fourth-order valence-electron chi connectivity index (χ4n) is 2.59. The van der Waals surface area contributed by atoms with Crippen molar-refractivity contribution in [2.45, 2.75) is 44.1 Å². The molecule has 0 radical (unpaired) electrons. The molecule has 0 aromatic carbocycles. The summed E-state index contributed by atoms with van der Waals surface area (Å²) in [5.74, 6) is 0.421. The lowest BCUT2D eigenvalue weighted by molar-refractivity contribution is -0.147. The van der Waals surface area contributed by atoms with Gasteiger partial charge >= 0.3 is 5.97 Å². The van der Waals surface area contributed by atoms with Gasteiger partial charge in [0.15, 0.2) is 0 Å². The van der Waals surface area contributed by atoms with Gasteiger partial charge in [-0.2, -0.15) is 11.8 Å². The smallest absolute Gasteiger partial charge is 0.330 e. The van der Waals surface area contributed by atoms with E-state index in [-0.39, 0.29) is 11.8 Å². The summed E-state index contributed by atoms with van der Waals surface area (Å²) >= 11 is 1.60. The van der Waals surface area contributed by atoms with Crippen LogP contribution < -0.4 is 5.32 Å². The lowest BCUT2D eigenvalue weighted by atomic mass is 9.87. The number of hydrogen-bond donors (Lipinski definition) is 2. The molecule has 2 aliphatic rings. The van der Waals surface area contributed by atoms with Crippen LogP contribution in [-0.4, -0.2) is 34.0 Å². The summed E-state index contributed by atoms with van der Waals surface area (Å²) in [5, 5.41) is 12.1. The number of carboxylic acid groups (broad SMARTS) is 1. The molecule has 2 rings (SSSR count). The van der Waals surface area contributed by atoms with Crippen LogP contribution in [0.15, 0.2) is 0 Å². The first-order valence-electron chi connectivity index (χ1n) is 6.27. The first-order chi connectivity index (χ1) is 8.14. The zero-order chi connectivity index (χ0) is 12.3. The van der Waals surface area contributed by atoms with Gasteiger partial charge in [-0.1, -0.05) is 19.3 Å². The SMILES string of the molecule is O=C(NC1(C(=O)O)CCSC1)C1CCCCC1. The van der Waals surface area contributed by atoms with E-state index in [0.29, 0.717) is 12.2 Å². The summed E-state index contributed by atoms with van der Waals surface area (Å²) in [6.07, 6.45) is 5.75. The average Bonchev–Trinajstić information content (AvgIpc) is 2.80. The van der Waals surface area contributed by atoms with Gasteiger partial charge in [-0.25, -0.2) is 4.79 Å². The third kappa shape index (κ3) is 2.76. The molecule has 0 aromatic rings. The Hall–Kier alpha value is -0.710. The fourth-order valence-corrected chi connectivity index (χ4v) is 3.91. The van der Waals surface area contributed by atoms with Crippen LogP contribution in [0.5, 0.6) is 0 Å². The molecule has 1 unspecified atom stereocenters. The number of hydrogen-bond acceptors (Lipinski definition) is 3. The molecule has 2 N–H and O–H groups in total. The van der Waals surface area contributed by atoms with E-state index in [1.54, 1.807) is 11.8 Å². The summed E-state index contributed by atoms with van der Waals surface area (Å²) in [5.41, 5.74) is -1.00. The molecule has 1 saturated heterocycles. The van der Waals surface area contributed by atoms with Crippen LogP contribution in [0.25, 0.3) is 0 Å². The zero-order valence-corrected chi connectivity index (χ0v) is 10.7. The molecule has 1 atom stereocenters. The van der Waals surface area contributed by atoms with Gasteiger partial charge in [0.05, 0.1) is 0 Å². The molecule has 1 aliphatic heterocycles. The van der Waals surface area contributed by atoms with Crippen LogP contribution in [0, 0.1) is 5.92 Å². The maximum Gasteiger partial charge on any atom is 0.330 e. The van der Waals surface area contributed by atoms with Crippen molar-refractivity contribution in [3.05, 3.63) is 0 Å². The van der Waals surface area contributed by atoms with Crippen molar-refractivity contribution < 1.29 is 14.7 Å². The highest BCUT2D eigenvalue weighted by atomic mass is 32.2. The summed E-state index contributed by atoms with van der Waals surface area (Å²) < 4.78 is 0. The number of rotatable bonds is 3. The third-order valence-electron chi connectivity index (χ3n) is 3.77. The Morgan fingerprint density at radius 2 is 1.94 bits per heavy atom. The first-order valence-corrected chi connectivity index (χ1v) is 7.43. The molecule has 0 aromatic heterocycles. The van der Waals surface area contributed by atoms with Gasteiger partial charge in [-0.3, -0.25) is 4.79 Å². The van der Waals surface area contributed by atoms with Crippen molar-refractivity contribution in [2.24, 2.45) is 5.92 Å². The van der Waals surface area contributed by atoms with Crippen LogP contribution in [0.4, 0.5) is 0 Å². The fraction of sp³-hybridized carbons (Fsp3) is 0.833. The van der Waals surface area contributed by atoms with E-state index in [9.17, 15) is 14.7 Å². The Bertz CT molecular complexity index is 307. The Kier molecular flexibility index (Phi) is 3.97. The van der Waals surface area contributed by atoms with Crippen molar-refractivity contribution in [1.29, 1.82) is 0 Å². The number of carbonyl (C=O) groups excluding carboxylic acids is 1. The van der Waals surface area contributed by atoms with Crippen LogP contribution in [0.3, 0.4) is 0 Å². The van der Waals surface area contributed by atoms with Gasteiger partial charge in [-0.05, 0) is 25.0 Å². The monoisotopic (exact) mass is 257 g/mol. The van der Waals surface area contributed by atoms with Crippen molar-refractivity contribution in [3.63, 3.8) is 0 Å². The lowest BCUT2D eigenvalue weighted by Gasteiger charge is -2.28. The molecule has 0 spiro atoms. The normalized spacial score (nSPS) is 30.1. The maximum absolute atomic E-state index is 12.1. The molecule has 17 heavy (non-hydrogen) atoms. The van der Waals surface area contributed by atoms with Gasteiger partial charge < -0.3 is 10.4 Å². The predicted octanol–water partition coefficient (Wildman–Crippen LogP) is 1.64. The third-order valence-corrected chi connectivity index (χ3v) is 4.96. The van der Waals surface area contributed by atoms with Crippen LogP contribution in [0.2, 0.25) is 0 Å². The van der Waals surface area contributed by atoms with E-state index in [0.717, 1.165) is 31.4 Å². The standard InChI is InChI=1S/C12H19NO3S/c14-10(9-4-2-1-3-5-9)13-12(11(15)16)6-7-17-8-12/h9H,1-8H2,(H,13,14)(H,15,16). The van der Waals surface area contributed by atoms with Crippen LogP contribution in [-0.2, 0) is 9.59 Å². The molecule has 5 heteroatoms. The summed E-state index contributed by atoms with van der Waals surface area (Å²) in [6, 6.07) is 0. The molecule has 0 bridgehead atoms. The largest absolute Gasteiger partial charge is 0.479 e. The minimum Gasteiger partial charge on any atom is -0.479 e. The predicted molar refractivity (Wildman–Crippen MR) is 67.0 cm³/mol. The molecule has 1 aliphatic carbocycles. The number of nitrogens with one attached hydrogen (secondary N) is 1. The van der Waals surface area contributed by atoms with E-state index in [4.69, 9.17) is 0 Å². The Balaban J connectivity index is 1.98. The topological polar surface area (TPSA) is 66.4 Å². The highest BCUT2D eigenvalue weighted by Gasteiger charge is 2.44. The number of aliphatic carboxylic acids is 1. The molecular weight excluding hydrogens is 238 g/mol. The Morgan fingerprint density at radius 3 is 2.47 bits per heavy atom. The molecule has 96 valence electrons. The average molecular weight is 257 g/mol. The summed E-state index contributed by atoms with van der Waals surface area (Å²) in [4.78, 5) is 23.4. The molecule has 1 saturated carbocycles. The van der Waals surface area contributed by atoms with Crippen molar-refractivity contribution in [1.82, 2.24) is 5.32 Å². The van der Waals surface area contributed by atoms with Crippen molar-refractivity contribution >= 4 is 23.6 Å². The van der Waals surface area contributed by atoms with E-state index >= 15 is 0 Å². The van der Waals surface area contributed by atoms with Gasteiger partial charge in [-0.15, -0.1) is 0 Å². The van der Waals surface area contributed by atoms with Gasteiger partial charge in [0, 0.05) is 11.7 Å². The van der Waals surface area contributed by atoms with Gasteiger partial charge in [0.2, 0.25) is 5.91 Å². The second-order valence-corrected chi connectivity index (χ2v) is 6.12. The Morgan fingerprint density at radius 1 is 1.24 bits per heavy atom. The van der Waals surface area contributed by atoms with Crippen molar-refractivity contribution in [2.75, 3.05) is 11.5 Å². The molecular formula is C12H19NO3S. The molecule has 1 amide bonds. The highest BCUT2D eigenvalue weighted by molar-refractivity contribution is 7.99. The summed E-state index contributed by atoms with van der Waals surface area (Å²) in [7, 11) is 0. The maximum atomic E-state index is 12.1. The number of carbonyl (C=O) groups is 2. The number of carboxylic acids is 1.